The lowest BCUT2D eigenvalue weighted by Crippen LogP contribution is -2.12. The SMILES string of the molecule is COc1ccc(NC(=O)CCCSC)c(OC)c1. The molecule has 0 aliphatic heterocycles. The number of amides is 1. The summed E-state index contributed by atoms with van der Waals surface area (Å²) in [6.45, 7) is 0. The lowest BCUT2D eigenvalue weighted by Gasteiger charge is -2.11. The van der Waals surface area contributed by atoms with Gasteiger partial charge in [0.15, 0.2) is 0 Å². The Morgan fingerprint density at radius 1 is 1.33 bits per heavy atom. The normalized spacial score (nSPS) is 9.94. The summed E-state index contributed by atoms with van der Waals surface area (Å²) in [7, 11) is 3.16. The van der Waals surface area contributed by atoms with Gasteiger partial charge in [-0.3, -0.25) is 4.79 Å². The Hall–Kier alpha value is -1.36. The van der Waals surface area contributed by atoms with Crippen LogP contribution in [0.2, 0.25) is 0 Å². The van der Waals surface area contributed by atoms with E-state index in [-0.39, 0.29) is 5.91 Å². The number of carbonyl (C=O) groups excluding carboxylic acids is 1. The molecule has 0 heterocycles. The summed E-state index contributed by atoms with van der Waals surface area (Å²) in [6, 6.07) is 5.32. The third-order valence-electron chi connectivity index (χ3n) is 2.44. The Morgan fingerprint density at radius 3 is 2.72 bits per heavy atom. The lowest BCUT2D eigenvalue weighted by atomic mass is 10.2. The molecule has 0 saturated heterocycles. The number of nitrogens with one attached hydrogen (secondary N) is 1. The Morgan fingerprint density at radius 2 is 2.11 bits per heavy atom. The van der Waals surface area contributed by atoms with E-state index in [4.69, 9.17) is 9.47 Å². The molecule has 0 aliphatic carbocycles. The van der Waals surface area contributed by atoms with Gasteiger partial charge in [0.05, 0.1) is 19.9 Å². The number of rotatable bonds is 7. The summed E-state index contributed by atoms with van der Waals surface area (Å²) in [6.07, 6.45) is 3.44. The summed E-state index contributed by atoms with van der Waals surface area (Å²) >= 11 is 1.74. The minimum atomic E-state index is 0.00696. The molecule has 18 heavy (non-hydrogen) atoms. The molecule has 0 atom stereocenters. The summed E-state index contributed by atoms with van der Waals surface area (Å²) < 4.78 is 10.3. The van der Waals surface area contributed by atoms with Crippen LogP contribution in [0.4, 0.5) is 5.69 Å². The van der Waals surface area contributed by atoms with Crippen molar-refractivity contribution in [1.29, 1.82) is 0 Å². The van der Waals surface area contributed by atoms with E-state index in [1.165, 1.54) is 0 Å². The monoisotopic (exact) mass is 269 g/mol. The number of anilines is 1. The van der Waals surface area contributed by atoms with E-state index in [1.54, 1.807) is 44.2 Å². The van der Waals surface area contributed by atoms with Gasteiger partial charge in [0.1, 0.15) is 11.5 Å². The highest BCUT2D eigenvalue weighted by atomic mass is 32.2. The van der Waals surface area contributed by atoms with Gasteiger partial charge < -0.3 is 14.8 Å². The van der Waals surface area contributed by atoms with Crippen LogP contribution in [-0.2, 0) is 4.79 Å². The molecule has 1 aromatic carbocycles. The second kappa shape index (κ2) is 7.87. The van der Waals surface area contributed by atoms with Crippen LogP contribution in [0.5, 0.6) is 11.5 Å². The highest BCUT2D eigenvalue weighted by molar-refractivity contribution is 7.98. The zero-order valence-corrected chi connectivity index (χ0v) is 11.8. The second-order valence-electron chi connectivity index (χ2n) is 3.71. The summed E-state index contributed by atoms with van der Waals surface area (Å²) in [5.74, 6) is 2.31. The molecule has 0 aromatic heterocycles. The van der Waals surface area contributed by atoms with Crippen molar-refractivity contribution in [2.45, 2.75) is 12.8 Å². The van der Waals surface area contributed by atoms with Crippen LogP contribution in [0.25, 0.3) is 0 Å². The number of hydrogen-bond acceptors (Lipinski definition) is 4. The van der Waals surface area contributed by atoms with Crippen molar-refractivity contribution in [2.75, 3.05) is 31.5 Å². The average Bonchev–Trinajstić information content (AvgIpc) is 2.39. The summed E-state index contributed by atoms with van der Waals surface area (Å²) in [4.78, 5) is 11.7. The van der Waals surface area contributed by atoms with Gasteiger partial charge in [-0.05, 0) is 30.6 Å². The molecule has 1 N–H and O–H groups in total. The molecule has 1 rings (SSSR count). The molecule has 1 aromatic rings. The smallest absolute Gasteiger partial charge is 0.224 e. The zero-order valence-electron chi connectivity index (χ0n) is 11.0. The average molecular weight is 269 g/mol. The maximum Gasteiger partial charge on any atom is 0.224 e. The van der Waals surface area contributed by atoms with E-state index in [0.29, 0.717) is 23.6 Å². The van der Waals surface area contributed by atoms with Gasteiger partial charge >= 0.3 is 0 Å². The maximum absolute atomic E-state index is 11.7. The molecule has 0 fully saturated rings. The third-order valence-corrected chi connectivity index (χ3v) is 3.13. The van der Waals surface area contributed by atoms with Crippen molar-refractivity contribution in [2.24, 2.45) is 0 Å². The van der Waals surface area contributed by atoms with E-state index in [0.717, 1.165) is 12.2 Å². The van der Waals surface area contributed by atoms with Crippen molar-refractivity contribution in [3.63, 3.8) is 0 Å². The van der Waals surface area contributed by atoms with Crippen LogP contribution in [-0.4, -0.2) is 32.1 Å². The van der Waals surface area contributed by atoms with Gasteiger partial charge in [-0.2, -0.15) is 11.8 Å². The molecular formula is C13H19NO3S. The topological polar surface area (TPSA) is 47.6 Å². The Balaban J connectivity index is 2.63. The predicted octanol–water partition coefficient (Wildman–Crippen LogP) is 2.79. The first-order valence-electron chi connectivity index (χ1n) is 5.72. The van der Waals surface area contributed by atoms with Gasteiger partial charge in [-0.25, -0.2) is 0 Å². The van der Waals surface area contributed by atoms with Gasteiger partial charge in [0, 0.05) is 12.5 Å². The highest BCUT2D eigenvalue weighted by Crippen LogP contribution is 2.29. The molecule has 0 bridgehead atoms. The van der Waals surface area contributed by atoms with Crippen LogP contribution in [0.15, 0.2) is 18.2 Å². The third kappa shape index (κ3) is 4.49. The molecule has 0 unspecified atom stereocenters. The molecule has 0 aliphatic rings. The highest BCUT2D eigenvalue weighted by Gasteiger charge is 2.08. The Kier molecular flexibility index (Phi) is 6.43. The van der Waals surface area contributed by atoms with E-state index >= 15 is 0 Å². The molecule has 5 heteroatoms. The number of methoxy groups -OCH3 is 2. The Labute approximate surface area is 112 Å². The molecular weight excluding hydrogens is 250 g/mol. The number of benzene rings is 1. The van der Waals surface area contributed by atoms with Crippen molar-refractivity contribution < 1.29 is 14.3 Å². The Bertz CT molecular complexity index is 396. The second-order valence-corrected chi connectivity index (χ2v) is 4.70. The van der Waals surface area contributed by atoms with Gasteiger partial charge in [0.2, 0.25) is 5.91 Å². The number of carbonyl (C=O) groups is 1. The van der Waals surface area contributed by atoms with Gasteiger partial charge in [0.25, 0.3) is 0 Å². The maximum atomic E-state index is 11.7. The zero-order chi connectivity index (χ0) is 13.4. The quantitative estimate of drug-likeness (QED) is 0.773. The van der Waals surface area contributed by atoms with Crippen molar-refractivity contribution in [3.05, 3.63) is 18.2 Å². The minimum absolute atomic E-state index is 0.00696. The van der Waals surface area contributed by atoms with Crippen molar-refractivity contribution >= 4 is 23.4 Å². The lowest BCUT2D eigenvalue weighted by molar-refractivity contribution is -0.116. The van der Waals surface area contributed by atoms with E-state index in [2.05, 4.69) is 5.32 Å². The fourth-order valence-electron chi connectivity index (χ4n) is 1.49. The number of ether oxygens (including phenoxy) is 2. The first kappa shape index (κ1) is 14.7. The van der Waals surface area contributed by atoms with Crippen LogP contribution < -0.4 is 14.8 Å². The van der Waals surface area contributed by atoms with Crippen molar-refractivity contribution in [3.8, 4) is 11.5 Å². The van der Waals surface area contributed by atoms with E-state index < -0.39 is 0 Å². The molecule has 0 radical (unpaired) electrons. The fourth-order valence-corrected chi connectivity index (χ4v) is 1.92. The first-order valence-corrected chi connectivity index (χ1v) is 7.11. The van der Waals surface area contributed by atoms with Gasteiger partial charge in [-0.15, -0.1) is 0 Å². The molecule has 4 nitrogen and oxygen atoms in total. The molecule has 100 valence electrons. The number of thioether (sulfide) groups is 1. The molecule has 0 spiro atoms. The molecule has 0 saturated carbocycles. The fraction of sp³-hybridized carbons (Fsp3) is 0.462. The van der Waals surface area contributed by atoms with Crippen LogP contribution in [0.1, 0.15) is 12.8 Å². The first-order chi connectivity index (χ1) is 8.71. The van der Waals surface area contributed by atoms with Crippen LogP contribution >= 0.6 is 11.8 Å². The van der Waals surface area contributed by atoms with Crippen LogP contribution in [0.3, 0.4) is 0 Å². The largest absolute Gasteiger partial charge is 0.497 e. The van der Waals surface area contributed by atoms with Crippen molar-refractivity contribution in [1.82, 2.24) is 0 Å². The summed E-state index contributed by atoms with van der Waals surface area (Å²) in [5.41, 5.74) is 0.674. The predicted molar refractivity (Wildman–Crippen MR) is 75.8 cm³/mol. The standard InChI is InChI=1S/C13H19NO3S/c1-16-10-6-7-11(12(9-10)17-2)14-13(15)5-4-8-18-3/h6-7,9H,4-5,8H2,1-3H3,(H,14,15). The van der Waals surface area contributed by atoms with E-state index in [1.807, 2.05) is 6.26 Å². The van der Waals surface area contributed by atoms with Gasteiger partial charge in [-0.1, -0.05) is 0 Å². The number of hydrogen-bond donors (Lipinski definition) is 1. The molecule has 1 amide bonds. The summed E-state index contributed by atoms with van der Waals surface area (Å²) in [5, 5.41) is 2.84. The van der Waals surface area contributed by atoms with E-state index in [9.17, 15) is 4.79 Å². The minimum Gasteiger partial charge on any atom is -0.497 e. The van der Waals surface area contributed by atoms with Crippen LogP contribution in [0, 0.1) is 0 Å².